The van der Waals surface area contributed by atoms with E-state index in [9.17, 15) is 19.6 Å². The Bertz CT molecular complexity index is 1420. The Morgan fingerprint density at radius 1 is 1.11 bits per heavy atom. The Balaban J connectivity index is 1.50. The van der Waals surface area contributed by atoms with E-state index in [1.165, 1.54) is 25.3 Å². The normalized spacial score (nSPS) is 13.9. The van der Waals surface area contributed by atoms with Crippen LogP contribution in [-0.2, 0) is 22.7 Å². The minimum atomic E-state index is -0.657. The van der Waals surface area contributed by atoms with E-state index in [-0.39, 0.29) is 30.4 Å². The van der Waals surface area contributed by atoms with Crippen molar-refractivity contribution in [1.82, 2.24) is 10.2 Å². The summed E-state index contributed by atoms with van der Waals surface area (Å²) < 4.78 is 21.6. The van der Waals surface area contributed by atoms with Crippen molar-refractivity contribution in [3.63, 3.8) is 0 Å². The lowest BCUT2D eigenvalue weighted by atomic mass is 10.1. The van der Waals surface area contributed by atoms with Crippen molar-refractivity contribution < 1.29 is 33.0 Å². The predicted octanol–water partition coefficient (Wildman–Crippen LogP) is 4.01. The zero-order valence-corrected chi connectivity index (χ0v) is 20.1. The van der Waals surface area contributed by atoms with Crippen LogP contribution in [-0.4, -0.2) is 36.5 Å². The van der Waals surface area contributed by atoms with Crippen molar-refractivity contribution in [2.24, 2.45) is 0 Å². The highest BCUT2D eigenvalue weighted by Crippen LogP contribution is 2.31. The molecule has 2 aromatic carbocycles. The molecule has 10 heteroatoms. The van der Waals surface area contributed by atoms with Crippen molar-refractivity contribution in [2.75, 3.05) is 13.7 Å². The molecular formula is C27H23N3O7. The SMILES string of the molecule is CCOc1cc(/C=C2\NC(=O)N(Cc3ccc(C(=O)OC)o3)C2=O)ccc1OCc1ccccc1C#N. The number of nitriles is 1. The average molecular weight is 501 g/mol. The summed E-state index contributed by atoms with van der Waals surface area (Å²) in [6.45, 7) is 2.24. The fraction of sp³-hybridized carbons (Fsp3) is 0.185. The average Bonchev–Trinajstić information content (AvgIpc) is 3.48. The molecule has 1 fully saturated rings. The van der Waals surface area contributed by atoms with Crippen molar-refractivity contribution in [2.45, 2.75) is 20.1 Å². The maximum absolute atomic E-state index is 12.9. The topological polar surface area (TPSA) is 131 Å². The Morgan fingerprint density at radius 3 is 2.68 bits per heavy atom. The number of furan rings is 1. The number of hydrogen-bond acceptors (Lipinski definition) is 8. The van der Waals surface area contributed by atoms with Crippen LogP contribution in [0.2, 0.25) is 0 Å². The highest BCUT2D eigenvalue weighted by Gasteiger charge is 2.34. The van der Waals surface area contributed by atoms with Crippen molar-refractivity contribution in [3.8, 4) is 17.6 Å². The quantitative estimate of drug-likeness (QED) is 0.264. The molecule has 0 saturated carbocycles. The number of esters is 1. The van der Waals surface area contributed by atoms with Gasteiger partial charge in [0.05, 0.1) is 31.9 Å². The van der Waals surface area contributed by atoms with E-state index in [4.69, 9.17) is 13.9 Å². The first-order valence-electron chi connectivity index (χ1n) is 11.3. The fourth-order valence-corrected chi connectivity index (χ4v) is 3.62. The lowest BCUT2D eigenvalue weighted by Gasteiger charge is -2.13. The highest BCUT2D eigenvalue weighted by atomic mass is 16.5. The smallest absolute Gasteiger partial charge is 0.373 e. The number of hydrogen-bond donors (Lipinski definition) is 1. The van der Waals surface area contributed by atoms with Gasteiger partial charge in [-0.25, -0.2) is 9.59 Å². The van der Waals surface area contributed by atoms with E-state index in [2.05, 4.69) is 16.1 Å². The van der Waals surface area contributed by atoms with Crippen LogP contribution in [0.1, 0.15) is 39.9 Å². The van der Waals surface area contributed by atoms with E-state index >= 15 is 0 Å². The third-order valence-electron chi connectivity index (χ3n) is 5.42. The zero-order valence-electron chi connectivity index (χ0n) is 20.1. The molecule has 1 aromatic heterocycles. The van der Waals surface area contributed by atoms with Gasteiger partial charge in [0.25, 0.3) is 5.91 Å². The lowest BCUT2D eigenvalue weighted by molar-refractivity contribution is -0.123. The molecule has 1 N–H and O–H groups in total. The third kappa shape index (κ3) is 5.62. The molecule has 37 heavy (non-hydrogen) atoms. The lowest BCUT2D eigenvalue weighted by Crippen LogP contribution is -2.30. The van der Waals surface area contributed by atoms with E-state index in [1.54, 1.807) is 30.3 Å². The van der Waals surface area contributed by atoms with Crippen LogP contribution in [0.25, 0.3) is 6.08 Å². The van der Waals surface area contributed by atoms with Crippen LogP contribution in [0.3, 0.4) is 0 Å². The maximum atomic E-state index is 12.9. The molecule has 188 valence electrons. The molecule has 0 unspecified atom stereocenters. The van der Waals surface area contributed by atoms with Gasteiger partial charge in [-0.15, -0.1) is 0 Å². The Morgan fingerprint density at radius 2 is 1.92 bits per heavy atom. The number of carbonyl (C=O) groups is 3. The molecule has 3 aromatic rings. The van der Waals surface area contributed by atoms with Crippen molar-refractivity contribution in [3.05, 3.63) is 88.5 Å². The molecule has 0 bridgehead atoms. The number of imide groups is 1. The highest BCUT2D eigenvalue weighted by molar-refractivity contribution is 6.13. The summed E-state index contributed by atoms with van der Waals surface area (Å²) in [4.78, 5) is 37.9. The number of nitrogens with one attached hydrogen (secondary N) is 1. The first kappa shape index (κ1) is 25.1. The second-order valence-electron chi connectivity index (χ2n) is 7.83. The van der Waals surface area contributed by atoms with Gasteiger partial charge in [0.2, 0.25) is 5.76 Å². The van der Waals surface area contributed by atoms with Crippen LogP contribution < -0.4 is 14.8 Å². The Labute approximate surface area is 212 Å². The first-order chi connectivity index (χ1) is 17.9. The van der Waals surface area contributed by atoms with Crippen molar-refractivity contribution in [1.29, 1.82) is 5.26 Å². The number of rotatable bonds is 9. The van der Waals surface area contributed by atoms with Crippen LogP contribution in [0.5, 0.6) is 11.5 Å². The van der Waals surface area contributed by atoms with Gasteiger partial charge < -0.3 is 23.9 Å². The van der Waals surface area contributed by atoms with Gasteiger partial charge in [0, 0.05) is 5.56 Å². The number of benzene rings is 2. The van der Waals surface area contributed by atoms with Crippen LogP contribution in [0.4, 0.5) is 4.79 Å². The van der Waals surface area contributed by atoms with E-state index < -0.39 is 17.9 Å². The Kier molecular flexibility index (Phi) is 7.54. The molecule has 10 nitrogen and oxygen atoms in total. The van der Waals surface area contributed by atoms with E-state index in [1.807, 2.05) is 19.1 Å². The minimum absolute atomic E-state index is 0.0257. The van der Waals surface area contributed by atoms with Gasteiger partial charge in [0.1, 0.15) is 18.1 Å². The van der Waals surface area contributed by atoms with Gasteiger partial charge in [-0.3, -0.25) is 9.69 Å². The molecule has 0 spiro atoms. The fourth-order valence-electron chi connectivity index (χ4n) is 3.62. The zero-order chi connectivity index (χ0) is 26.4. The number of carbonyl (C=O) groups excluding carboxylic acids is 3. The summed E-state index contributed by atoms with van der Waals surface area (Å²) in [7, 11) is 1.22. The summed E-state index contributed by atoms with van der Waals surface area (Å²) in [6, 6.07) is 16.7. The molecule has 0 atom stereocenters. The summed E-state index contributed by atoms with van der Waals surface area (Å²) in [5, 5.41) is 11.8. The molecule has 3 amide bonds. The summed E-state index contributed by atoms with van der Waals surface area (Å²) in [5.41, 5.74) is 1.94. The summed E-state index contributed by atoms with van der Waals surface area (Å²) in [6.07, 6.45) is 1.53. The van der Waals surface area contributed by atoms with Crippen LogP contribution in [0.15, 0.2) is 64.7 Å². The number of ether oxygens (including phenoxy) is 3. The number of urea groups is 1. The summed E-state index contributed by atoms with van der Waals surface area (Å²) >= 11 is 0. The molecular weight excluding hydrogens is 478 g/mol. The summed E-state index contributed by atoms with van der Waals surface area (Å²) in [5.74, 6) is -0.0566. The van der Waals surface area contributed by atoms with Gasteiger partial charge in [-0.2, -0.15) is 5.26 Å². The first-order valence-corrected chi connectivity index (χ1v) is 11.3. The predicted molar refractivity (Wildman–Crippen MR) is 130 cm³/mol. The molecule has 1 aliphatic heterocycles. The molecule has 4 rings (SSSR count). The van der Waals surface area contributed by atoms with Gasteiger partial charge in [-0.1, -0.05) is 24.3 Å². The maximum Gasteiger partial charge on any atom is 0.373 e. The second-order valence-corrected chi connectivity index (χ2v) is 7.83. The van der Waals surface area contributed by atoms with E-state index in [0.717, 1.165) is 10.5 Å². The largest absolute Gasteiger partial charge is 0.490 e. The molecule has 1 aliphatic rings. The number of methoxy groups -OCH3 is 1. The van der Waals surface area contributed by atoms with Crippen LogP contribution in [0, 0.1) is 11.3 Å². The third-order valence-corrected chi connectivity index (χ3v) is 5.42. The van der Waals surface area contributed by atoms with E-state index in [0.29, 0.717) is 29.2 Å². The van der Waals surface area contributed by atoms with Gasteiger partial charge in [0.15, 0.2) is 11.5 Å². The number of amides is 3. The van der Waals surface area contributed by atoms with Gasteiger partial charge >= 0.3 is 12.0 Å². The monoisotopic (exact) mass is 501 g/mol. The minimum Gasteiger partial charge on any atom is -0.490 e. The second kappa shape index (κ2) is 11.1. The van der Waals surface area contributed by atoms with Gasteiger partial charge in [-0.05, 0) is 48.9 Å². The molecule has 0 radical (unpaired) electrons. The molecule has 1 saturated heterocycles. The number of nitrogens with zero attached hydrogens (tertiary/aromatic N) is 2. The molecule has 2 heterocycles. The van der Waals surface area contributed by atoms with Crippen LogP contribution >= 0.6 is 0 Å². The standard InChI is InChI=1S/C27H23N3O7/c1-3-35-24-13-17(8-10-22(24)36-16-19-7-5-4-6-18(19)14-28)12-21-25(31)30(27(33)29-21)15-20-9-11-23(37-20)26(32)34-2/h4-13H,3,15-16H2,1-2H3,(H,29,33)/b21-12-. The molecule has 0 aliphatic carbocycles. The Hall–Kier alpha value is -5.04. The van der Waals surface area contributed by atoms with Crippen molar-refractivity contribution >= 4 is 24.0 Å².